The van der Waals surface area contributed by atoms with E-state index in [2.05, 4.69) is 64.9 Å². The first-order valence-corrected chi connectivity index (χ1v) is 13.0. The highest BCUT2D eigenvalue weighted by atomic mass is 32.2. The third-order valence-corrected chi connectivity index (χ3v) is 7.88. The van der Waals surface area contributed by atoms with Gasteiger partial charge in [0, 0.05) is 28.1 Å². The number of nitrogens with zero attached hydrogens (tertiary/aromatic N) is 3. The molecule has 1 N–H and O–H groups in total. The van der Waals surface area contributed by atoms with Gasteiger partial charge in [-0.05, 0) is 54.4 Å². The van der Waals surface area contributed by atoms with Crippen LogP contribution in [0, 0.1) is 5.92 Å². The number of hydrogen-bond donors (Lipinski definition) is 1. The molecule has 0 radical (unpaired) electrons. The van der Waals surface area contributed by atoms with Gasteiger partial charge in [0.25, 0.3) is 0 Å². The molecule has 2 aromatic heterocycles. The van der Waals surface area contributed by atoms with Gasteiger partial charge in [-0.3, -0.25) is 9.36 Å². The molecule has 1 aliphatic rings. The molecule has 5 nitrogen and oxygen atoms in total. The highest BCUT2D eigenvalue weighted by molar-refractivity contribution is 7.99. The number of nitrogens with one attached hydrogen (secondary N) is 1. The van der Waals surface area contributed by atoms with Crippen LogP contribution in [0.1, 0.15) is 49.1 Å². The van der Waals surface area contributed by atoms with E-state index in [0.717, 1.165) is 35.4 Å². The van der Waals surface area contributed by atoms with Crippen molar-refractivity contribution in [3.8, 4) is 11.4 Å². The number of hydrogen-bond acceptors (Lipinski definition) is 5. The largest absolute Gasteiger partial charge is 0.325 e. The number of thiophene rings is 1. The Bertz CT molecular complexity index is 1100. The first kappa shape index (κ1) is 22.8. The van der Waals surface area contributed by atoms with Crippen LogP contribution in [-0.4, -0.2) is 26.4 Å². The van der Waals surface area contributed by atoms with E-state index in [0.29, 0.717) is 12.5 Å². The summed E-state index contributed by atoms with van der Waals surface area (Å²) in [7, 11) is 0. The summed E-state index contributed by atoms with van der Waals surface area (Å²) < 4.78 is 2.07. The average molecular weight is 467 g/mol. The molecule has 0 saturated carbocycles. The average Bonchev–Trinajstić information content (AvgIpc) is 3.36. The molecule has 0 spiro atoms. The quantitative estimate of drug-likeness (QED) is 0.318. The predicted molar refractivity (Wildman–Crippen MR) is 135 cm³/mol. The Morgan fingerprint density at radius 2 is 2.12 bits per heavy atom. The maximum absolute atomic E-state index is 12.5. The molecule has 0 saturated heterocycles. The summed E-state index contributed by atoms with van der Waals surface area (Å²) in [6, 6.07) is 8.03. The van der Waals surface area contributed by atoms with Gasteiger partial charge in [0.05, 0.1) is 5.75 Å². The van der Waals surface area contributed by atoms with Crippen LogP contribution in [0.25, 0.3) is 11.4 Å². The maximum Gasteiger partial charge on any atom is 0.234 e. The SMILES string of the molecule is C=CCn1c(SCC(=O)Nc2ccc(C(C)C)cc2)nnc1-c1csc2c1CCC(C)C2. The Morgan fingerprint density at radius 1 is 1.34 bits per heavy atom. The molecule has 1 aromatic carbocycles. The van der Waals surface area contributed by atoms with Crippen molar-refractivity contribution in [1.82, 2.24) is 14.8 Å². The van der Waals surface area contributed by atoms with Crippen molar-refractivity contribution in [1.29, 1.82) is 0 Å². The zero-order valence-corrected chi connectivity index (χ0v) is 20.6. The minimum Gasteiger partial charge on any atom is -0.325 e. The van der Waals surface area contributed by atoms with Crippen molar-refractivity contribution in [2.75, 3.05) is 11.1 Å². The first-order valence-electron chi connectivity index (χ1n) is 11.1. The van der Waals surface area contributed by atoms with Gasteiger partial charge in [-0.1, -0.05) is 50.7 Å². The molecule has 1 atom stereocenters. The lowest BCUT2D eigenvalue weighted by molar-refractivity contribution is -0.113. The van der Waals surface area contributed by atoms with Crippen LogP contribution in [0.5, 0.6) is 0 Å². The van der Waals surface area contributed by atoms with Gasteiger partial charge in [-0.15, -0.1) is 28.1 Å². The zero-order valence-electron chi connectivity index (χ0n) is 18.9. The summed E-state index contributed by atoms with van der Waals surface area (Å²) in [5.74, 6) is 2.32. The number of rotatable bonds is 8. The lowest BCUT2D eigenvalue weighted by Gasteiger charge is -2.19. The second-order valence-corrected chi connectivity index (χ2v) is 10.6. The maximum atomic E-state index is 12.5. The van der Waals surface area contributed by atoms with Crippen molar-refractivity contribution >= 4 is 34.7 Å². The molecule has 1 aliphatic carbocycles. The molecule has 0 fully saturated rings. The van der Waals surface area contributed by atoms with E-state index in [1.807, 2.05) is 29.5 Å². The zero-order chi connectivity index (χ0) is 22.7. The van der Waals surface area contributed by atoms with Crippen LogP contribution in [0.2, 0.25) is 0 Å². The molecule has 0 bridgehead atoms. The number of carbonyl (C=O) groups is 1. The number of fused-ring (bicyclic) bond motifs is 1. The summed E-state index contributed by atoms with van der Waals surface area (Å²) in [6.07, 6.45) is 5.31. The van der Waals surface area contributed by atoms with Gasteiger partial charge >= 0.3 is 0 Å². The minimum atomic E-state index is -0.0519. The summed E-state index contributed by atoms with van der Waals surface area (Å²) in [5, 5.41) is 14.9. The Morgan fingerprint density at radius 3 is 2.84 bits per heavy atom. The molecule has 1 unspecified atom stereocenters. The van der Waals surface area contributed by atoms with Crippen LogP contribution >= 0.6 is 23.1 Å². The Hall–Kier alpha value is -2.38. The van der Waals surface area contributed by atoms with E-state index in [-0.39, 0.29) is 11.7 Å². The molecule has 4 rings (SSSR count). The summed E-state index contributed by atoms with van der Waals surface area (Å²) in [6.45, 7) is 11.2. The number of anilines is 1. The smallest absolute Gasteiger partial charge is 0.234 e. The van der Waals surface area contributed by atoms with Gasteiger partial charge in [-0.2, -0.15) is 0 Å². The number of carbonyl (C=O) groups excluding carboxylic acids is 1. The van der Waals surface area contributed by atoms with Crippen molar-refractivity contribution in [2.24, 2.45) is 5.92 Å². The molecule has 7 heteroatoms. The summed E-state index contributed by atoms with van der Waals surface area (Å²) in [5.41, 5.74) is 4.68. The lowest BCUT2D eigenvalue weighted by atomic mass is 9.88. The van der Waals surface area contributed by atoms with E-state index in [9.17, 15) is 4.79 Å². The molecular weight excluding hydrogens is 436 g/mol. The van der Waals surface area contributed by atoms with Crippen molar-refractivity contribution in [3.63, 3.8) is 0 Å². The molecule has 1 amide bonds. The van der Waals surface area contributed by atoms with Crippen LogP contribution < -0.4 is 5.32 Å². The minimum absolute atomic E-state index is 0.0519. The molecular formula is C25H30N4OS2. The highest BCUT2D eigenvalue weighted by Gasteiger charge is 2.24. The van der Waals surface area contributed by atoms with Gasteiger partial charge in [0.1, 0.15) is 0 Å². The fourth-order valence-electron chi connectivity index (χ4n) is 4.03. The third-order valence-electron chi connectivity index (χ3n) is 5.86. The molecule has 3 aromatic rings. The van der Waals surface area contributed by atoms with Gasteiger partial charge in [-0.25, -0.2) is 0 Å². The van der Waals surface area contributed by atoms with E-state index in [4.69, 9.17) is 0 Å². The Kier molecular flexibility index (Phi) is 7.16. The molecule has 0 aliphatic heterocycles. The van der Waals surface area contributed by atoms with E-state index in [1.165, 1.54) is 39.8 Å². The van der Waals surface area contributed by atoms with Crippen LogP contribution in [0.4, 0.5) is 5.69 Å². The monoisotopic (exact) mass is 466 g/mol. The van der Waals surface area contributed by atoms with Crippen molar-refractivity contribution in [2.45, 2.75) is 57.7 Å². The number of aromatic nitrogens is 3. The standard InChI is InChI=1S/C25H30N4OS2/c1-5-12-29-24(21-14-31-22-13-17(4)6-11-20(21)22)27-28-25(29)32-15-23(30)26-19-9-7-18(8-10-19)16(2)3/h5,7-10,14,16-17H,1,6,11-13,15H2,2-4H3,(H,26,30). The second-order valence-electron chi connectivity index (χ2n) is 8.72. The highest BCUT2D eigenvalue weighted by Crippen LogP contribution is 2.38. The second kappa shape index (κ2) is 10.0. The molecule has 168 valence electrons. The number of benzene rings is 1. The fraction of sp³-hybridized carbons (Fsp3) is 0.400. The molecule has 2 heterocycles. The predicted octanol–water partition coefficient (Wildman–Crippen LogP) is 6.17. The Balaban J connectivity index is 1.46. The van der Waals surface area contributed by atoms with Gasteiger partial charge < -0.3 is 5.32 Å². The third kappa shape index (κ3) is 4.99. The van der Waals surface area contributed by atoms with E-state index < -0.39 is 0 Å². The van der Waals surface area contributed by atoms with E-state index >= 15 is 0 Å². The first-order chi connectivity index (χ1) is 15.5. The molecule has 32 heavy (non-hydrogen) atoms. The topological polar surface area (TPSA) is 59.8 Å². The number of thioether (sulfide) groups is 1. The van der Waals surface area contributed by atoms with Crippen LogP contribution in [0.3, 0.4) is 0 Å². The van der Waals surface area contributed by atoms with Crippen LogP contribution in [-0.2, 0) is 24.2 Å². The number of allylic oxidation sites excluding steroid dienone is 1. The summed E-state index contributed by atoms with van der Waals surface area (Å²) >= 11 is 3.24. The Labute approximate surface area is 198 Å². The lowest BCUT2D eigenvalue weighted by Crippen LogP contribution is -2.14. The fourth-order valence-corrected chi connectivity index (χ4v) is 6.02. The van der Waals surface area contributed by atoms with Crippen molar-refractivity contribution in [3.05, 3.63) is 58.3 Å². The van der Waals surface area contributed by atoms with Crippen molar-refractivity contribution < 1.29 is 4.79 Å². The van der Waals surface area contributed by atoms with Gasteiger partial charge in [0.2, 0.25) is 5.91 Å². The normalized spacial score (nSPS) is 15.6. The number of amides is 1. The van der Waals surface area contributed by atoms with Crippen LogP contribution in [0.15, 0.2) is 47.5 Å². The van der Waals surface area contributed by atoms with E-state index in [1.54, 1.807) is 0 Å². The van der Waals surface area contributed by atoms with Gasteiger partial charge in [0.15, 0.2) is 11.0 Å². The summed E-state index contributed by atoms with van der Waals surface area (Å²) in [4.78, 5) is 14.0.